The van der Waals surface area contributed by atoms with Crippen molar-refractivity contribution >= 4 is 17.8 Å². The smallest absolute Gasteiger partial charge is 0.118 e. The first-order chi connectivity index (χ1) is 14.3. The predicted octanol–water partition coefficient (Wildman–Crippen LogP) is 8.74. The quantitative estimate of drug-likeness (QED) is 0.224. The molecule has 1 aliphatic rings. The number of benzene rings is 1. The van der Waals surface area contributed by atoms with Gasteiger partial charge in [0.15, 0.2) is 0 Å². The van der Waals surface area contributed by atoms with Gasteiger partial charge in [-0.25, -0.2) is 0 Å². The van der Waals surface area contributed by atoms with Crippen LogP contribution in [0.25, 0.3) is 6.08 Å². The summed E-state index contributed by atoms with van der Waals surface area (Å²) < 4.78 is 5.85. The number of hydrogen-bond acceptors (Lipinski definition) is 2. The fourth-order valence-electron chi connectivity index (χ4n) is 3.16. The van der Waals surface area contributed by atoms with E-state index in [1.807, 2.05) is 11.8 Å². The van der Waals surface area contributed by atoms with Crippen LogP contribution < -0.4 is 0 Å². The van der Waals surface area contributed by atoms with Crippen LogP contribution in [0.5, 0.6) is 0 Å². The molecule has 1 nitrogen and oxygen atoms in total. The van der Waals surface area contributed by atoms with Gasteiger partial charge in [-0.2, -0.15) is 0 Å². The number of allylic oxidation sites excluding steroid dienone is 6. The topological polar surface area (TPSA) is 9.23 Å². The summed E-state index contributed by atoms with van der Waals surface area (Å²) in [5.74, 6) is 2.20. The molecule has 1 aromatic carbocycles. The Morgan fingerprint density at radius 2 is 1.62 bits per heavy atom. The highest BCUT2D eigenvalue weighted by atomic mass is 32.2. The molecule has 0 N–H and O–H groups in total. The molecule has 0 radical (unpaired) electrons. The highest BCUT2D eigenvalue weighted by Crippen LogP contribution is 2.21. The van der Waals surface area contributed by atoms with Gasteiger partial charge in [0.2, 0.25) is 0 Å². The van der Waals surface area contributed by atoms with Crippen LogP contribution in [0.4, 0.5) is 0 Å². The van der Waals surface area contributed by atoms with Crippen molar-refractivity contribution in [2.24, 2.45) is 0 Å². The van der Waals surface area contributed by atoms with Crippen molar-refractivity contribution < 1.29 is 4.74 Å². The number of rotatable bonds is 14. The Balaban J connectivity index is 1.76. The standard InChI is InChI=1S/C27H38OS/c1-3-5-7-8-10-23-29-27-20-17-25(18-21-27)15-14-24-12-11-13-26(19-16-24)28-22-9-6-4-2/h11,13-21H,3-10,12,22-23H2,1-2H3/b15-14+. The maximum Gasteiger partial charge on any atom is 0.118 e. The first-order valence-electron chi connectivity index (χ1n) is 11.4. The fraction of sp³-hybridized carbons (Fsp3) is 0.481. The lowest BCUT2D eigenvalue weighted by Crippen LogP contribution is -1.92. The Hall–Kier alpha value is -1.67. The van der Waals surface area contributed by atoms with Crippen molar-refractivity contribution in [3.63, 3.8) is 0 Å². The third-order valence-corrected chi connectivity index (χ3v) is 6.10. The van der Waals surface area contributed by atoms with E-state index in [1.54, 1.807) is 0 Å². The van der Waals surface area contributed by atoms with Gasteiger partial charge in [-0.1, -0.05) is 88.8 Å². The summed E-state index contributed by atoms with van der Waals surface area (Å²) in [6.45, 7) is 5.30. The molecule has 1 aliphatic carbocycles. The molecular weight excluding hydrogens is 372 g/mol. The third kappa shape index (κ3) is 10.6. The summed E-state index contributed by atoms with van der Waals surface area (Å²) in [4.78, 5) is 1.38. The van der Waals surface area contributed by atoms with Gasteiger partial charge < -0.3 is 4.74 Å². The van der Waals surface area contributed by atoms with Crippen molar-refractivity contribution in [1.82, 2.24) is 0 Å². The average Bonchev–Trinajstić information content (AvgIpc) is 2.98. The molecule has 29 heavy (non-hydrogen) atoms. The summed E-state index contributed by atoms with van der Waals surface area (Å²) in [6, 6.07) is 8.95. The molecule has 0 saturated carbocycles. The number of ether oxygens (including phenoxy) is 1. The largest absolute Gasteiger partial charge is 0.494 e. The molecule has 2 rings (SSSR count). The first-order valence-corrected chi connectivity index (χ1v) is 12.4. The molecule has 0 atom stereocenters. The van der Waals surface area contributed by atoms with E-state index in [2.05, 4.69) is 74.6 Å². The van der Waals surface area contributed by atoms with E-state index in [4.69, 9.17) is 4.74 Å². The molecule has 0 fully saturated rings. The van der Waals surface area contributed by atoms with Crippen molar-refractivity contribution in [3.05, 3.63) is 71.5 Å². The van der Waals surface area contributed by atoms with Crippen molar-refractivity contribution in [1.29, 1.82) is 0 Å². The maximum absolute atomic E-state index is 5.85. The van der Waals surface area contributed by atoms with Gasteiger partial charge >= 0.3 is 0 Å². The third-order valence-electron chi connectivity index (χ3n) is 5.00. The zero-order chi connectivity index (χ0) is 20.6. The Morgan fingerprint density at radius 3 is 2.41 bits per heavy atom. The first kappa shape index (κ1) is 23.6. The van der Waals surface area contributed by atoms with Gasteiger partial charge in [-0.05, 0) is 60.4 Å². The highest BCUT2D eigenvalue weighted by molar-refractivity contribution is 7.99. The lowest BCUT2D eigenvalue weighted by atomic mass is 10.1. The van der Waals surface area contributed by atoms with Crippen LogP contribution >= 0.6 is 11.8 Å². The number of unbranched alkanes of at least 4 members (excludes halogenated alkanes) is 6. The molecule has 0 aliphatic heterocycles. The number of thioether (sulfide) groups is 1. The lowest BCUT2D eigenvalue weighted by Gasteiger charge is -2.04. The summed E-state index contributed by atoms with van der Waals surface area (Å²) in [6.07, 6.45) is 24.3. The van der Waals surface area contributed by atoms with Gasteiger partial charge in [-0.15, -0.1) is 11.8 Å². The Labute approximate surface area is 183 Å². The van der Waals surface area contributed by atoms with Crippen molar-refractivity contribution in [3.8, 4) is 0 Å². The van der Waals surface area contributed by atoms with E-state index in [-0.39, 0.29) is 0 Å². The van der Waals surface area contributed by atoms with E-state index < -0.39 is 0 Å². The van der Waals surface area contributed by atoms with Crippen LogP contribution in [-0.2, 0) is 4.74 Å². The molecule has 0 bridgehead atoms. The van der Waals surface area contributed by atoms with Crippen molar-refractivity contribution in [2.75, 3.05) is 12.4 Å². The molecule has 2 heteroatoms. The summed E-state index contributed by atoms with van der Waals surface area (Å²) >= 11 is 1.98. The lowest BCUT2D eigenvalue weighted by molar-refractivity contribution is 0.217. The fourth-order valence-corrected chi connectivity index (χ4v) is 4.07. The van der Waals surface area contributed by atoms with E-state index in [9.17, 15) is 0 Å². The Morgan fingerprint density at radius 1 is 0.862 bits per heavy atom. The van der Waals surface area contributed by atoms with Crippen LogP contribution in [0.15, 0.2) is 70.9 Å². The average molecular weight is 411 g/mol. The van der Waals surface area contributed by atoms with Crippen LogP contribution in [-0.4, -0.2) is 12.4 Å². The highest BCUT2D eigenvalue weighted by Gasteiger charge is 1.99. The van der Waals surface area contributed by atoms with E-state index >= 15 is 0 Å². The zero-order valence-corrected chi connectivity index (χ0v) is 19.2. The second-order valence-corrected chi connectivity index (χ2v) is 8.81. The molecule has 0 unspecified atom stereocenters. The van der Waals surface area contributed by atoms with Crippen LogP contribution in [0.1, 0.15) is 77.2 Å². The monoisotopic (exact) mass is 410 g/mol. The second kappa shape index (κ2) is 15.2. The summed E-state index contributed by atoms with van der Waals surface area (Å²) in [7, 11) is 0. The predicted molar refractivity (Wildman–Crippen MR) is 130 cm³/mol. The molecule has 0 amide bonds. The van der Waals surface area contributed by atoms with Gasteiger partial charge in [0, 0.05) is 4.90 Å². The molecule has 158 valence electrons. The molecule has 0 aromatic heterocycles. The second-order valence-electron chi connectivity index (χ2n) is 7.64. The minimum absolute atomic E-state index is 0.812. The maximum atomic E-state index is 5.85. The Kier molecular flexibility index (Phi) is 12.4. The SMILES string of the molecule is CCCCCCCSc1ccc(/C=C/C2=CC=C(OCCCCC)C=CC2)cc1. The summed E-state index contributed by atoms with van der Waals surface area (Å²) in [5.41, 5.74) is 2.56. The van der Waals surface area contributed by atoms with Gasteiger partial charge in [0.25, 0.3) is 0 Å². The van der Waals surface area contributed by atoms with E-state index in [0.717, 1.165) is 25.2 Å². The van der Waals surface area contributed by atoms with Crippen LogP contribution in [0.3, 0.4) is 0 Å². The zero-order valence-electron chi connectivity index (χ0n) is 18.4. The van der Waals surface area contributed by atoms with Crippen LogP contribution in [0, 0.1) is 0 Å². The van der Waals surface area contributed by atoms with E-state index in [0.29, 0.717) is 0 Å². The van der Waals surface area contributed by atoms with E-state index in [1.165, 1.54) is 66.7 Å². The normalized spacial score (nSPS) is 14.0. The van der Waals surface area contributed by atoms with Gasteiger partial charge in [0.1, 0.15) is 5.76 Å². The summed E-state index contributed by atoms with van der Waals surface area (Å²) in [5, 5.41) is 0. The molecule has 1 aromatic rings. The van der Waals surface area contributed by atoms with Gasteiger partial charge in [-0.3, -0.25) is 0 Å². The molecule has 0 heterocycles. The van der Waals surface area contributed by atoms with Crippen molar-refractivity contribution in [2.45, 2.75) is 76.5 Å². The molecule has 0 spiro atoms. The molecular formula is C27H38OS. The minimum atomic E-state index is 0.812. The minimum Gasteiger partial charge on any atom is -0.494 e. The number of hydrogen-bond donors (Lipinski definition) is 0. The Bertz CT molecular complexity index is 679. The van der Waals surface area contributed by atoms with Gasteiger partial charge in [0.05, 0.1) is 6.61 Å². The molecule has 0 saturated heterocycles. The van der Waals surface area contributed by atoms with Crippen LogP contribution in [0.2, 0.25) is 0 Å².